The van der Waals surface area contributed by atoms with Crippen molar-refractivity contribution >= 4 is 11.8 Å². The van der Waals surface area contributed by atoms with Gasteiger partial charge in [-0.25, -0.2) is 4.39 Å². The lowest BCUT2D eigenvalue weighted by molar-refractivity contribution is -0.130. The largest absolute Gasteiger partial charge is 0.376 e. The summed E-state index contributed by atoms with van der Waals surface area (Å²) in [6.45, 7) is 2.61. The minimum atomic E-state index is -1.73. The van der Waals surface area contributed by atoms with Gasteiger partial charge in [0.2, 0.25) is 11.8 Å². The molecule has 7 heteroatoms. The van der Waals surface area contributed by atoms with E-state index >= 15 is 0 Å². The highest BCUT2D eigenvalue weighted by Gasteiger charge is 2.39. The number of rotatable bonds is 5. The lowest BCUT2D eigenvalue weighted by atomic mass is 10.1. The Bertz CT molecular complexity index is 632. The number of nitrogens with one attached hydrogen (secondary N) is 1. The van der Waals surface area contributed by atoms with Crippen LogP contribution in [-0.2, 0) is 19.1 Å². The van der Waals surface area contributed by atoms with E-state index in [9.17, 15) is 14.0 Å². The van der Waals surface area contributed by atoms with Crippen molar-refractivity contribution in [1.82, 2.24) is 10.2 Å². The Kier molecular flexibility index (Phi) is 5.88. The number of halogens is 1. The zero-order chi connectivity index (χ0) is 18.6. The number of hydrogen-bond acceptors (Lipinski definition) is 4. The molecule has 0 radical (unpaired) electrons. The van der Waals surface area contributed by atoms with Crippen LogP contribution in [0.4, 0.5) is 4.39 Å². The molecule has 2 saturated heterocycles. The Balaban J connectivity index is 1.55. The molecule has 2 amide bonds. The van der Waals surface area contributed by atoms with E-state index in [-0.39, 0.29) is 44.0 Å². The number of likely N-dealkylation sites (tertiary alicyclic amines) is 1. The van der Waals surface area contributed by atoms with Crippen LogP contribution < -0.4 is 5.32 Å². The van der Waals surface area contributed by atoms with Gasteiger partial charge in [-0.3, -0.25) is 9.59 Å². The molecule has 0 spiro atoms. The Hall–Kier alpha value is -1.99. The minimum Gasteiger partial charge on any atom is -0.376 e. The van der Waals surface area contributed by atoms with E-state index in [4.69, 9.17) is 9.47 Å². The van der Waals surface area contributed by atoms with Crippen LogP contribution in [0.2, 0.25) is 0 Å². The molecule has 142 valence electrons. The molecule has 1 aromatic rings. The van der Waals surface area contributed by atoms with Crippen LogP contribution in [0.1, 0.15) is 24.9 Å². The fraction of sp³-hybridized carbons (Fsp3) is 0.579. The molecule has 1 aromatic carbocycles. The molecule has 1 N–H and O–H groups in total. The number of benzene rings is 1. The van der Waals surface area contributed by atoms with Crippen molar-refractivity contribution in [2.24, 2.45) is 5.92 Å². The Morgan fingerprint density at radius 1 is 1.31 bits per heavy atom. The standard InChI is InChI=1S/C19H25FN2O4/c1-14(15-5-3-2-4-6-15)22-10-16(9-17(22)23)18(24)21-11-19(20)12-25-7-8-26-13-19/h2-6,14,16H,7-13H2,1H3,(H,21,24). The van der Waals surface area contributed by atoms with Gasteiger partial charge >= 0.3 is 0 Å². The second-order valence-electron chi connectivity index (χ2n) is 7.01. The van der Waals surface area contributed by atoms with E-state index in [1.54, 1.807) is 4.90 Å². The number of ether oxygens (including phenoxy) is 2. The number of nitrogens with zero attached hydrogens (tertiary/aromatic N) is 1. The first-order valence-corrected chi connectivity index (χ1v) is 8.95. The molecule has 2 fully saturated rings. The summed E-state index contributed by atoms with van der Waals surface area (Å²) in [6.07, 6.45) is 0.148. The second-order valence-corrected chi connectivity index (χ2v) is 7.01. The molecule has 0 aromatic heterocycles. The third-order valence-electron chi connectivity index (χ3n) is 4.95. The Morgan fingerprint density at radius 2 is 1.96 bits per heavy atom. The predicted octanol–water partition coefficient (Wildman–Crippen LogP) is 1.47. The van der Waals surface area contributed by atoms with Gasteiger partial charge in [0, 0.05) is 13.0 Å². The maximum Gasteiger partial charge on any atom is 0.225 e. The summed E-state index contributed by atoms with van der Waals surface area (Å²) >= 11 is 0. The van der Waals surface area contributed by atoms with Crippen LogP contribution in [-0.4, -0.2) is 61.9 Å². The average Bonchev–Trinajstić information content (AvgIpc) is 2.91. The first kappa shape index (κ1) is 18.8. The summed E-state index contributed by atoms with van der Waals surface area (Å²) in [5, 5.41) is 2.63. The SMILES string of the molecule is CC(c1ccccc1)N1CC(C(=O)NCC2(F)COCCOC2)CC1=O. The van der Waals surface area contributed by atoms with Gasteiger partial charge in [-0.15, -0.1) is 0 Å². The van der Waals surface area contributed by atoms with E-state index < -0.39 is 11.6 Å². The van der Waals surface area contributed by atoms with Gasteiger partial charge in [0.1, 0.15) is 0 Å². The first-order chi connectivity index (χ1) is 12.5. The maximum atomic E-state index is 14.6. The molecular formula is C19H25FN2O4. The predicted molar refractivity (Wildman–Crippen MR) is 93.2 cm³/mol. The van der Waals surface area contributed by atoms with Crippen molar-refractivity contribution < 1.29 is 23.5 Å². The highest BCUT2D eigenvalue weighted by Crippen LogP contribution is 2.28. The van der Waals surface area contributed by atoms with E-state index in [1.165, 1.54) is 0 Å². The third kappa shape index (κ3) is 4.40. The van der Waals surface area contributed by atoms with E-state index in [2.05, 4.69) is 5.32 Å². The molecule has 2 heterocycles. The van der Waals surface area contributed by atoms with Gasteiger partial charge in [-0.1, -0.05) is 30.3 Å². The first-order valence-electron chi connectivity index (χ1n) is 8.95. The summed E-state index contributed by atoms with van der Waals surface area (Å²) in [5.74, 6) is -0.829. The Labute approximate surface area is 152 Å². The molecular weight excluding hydrogens is 339 g/mol. The van der Waals surface area contributed by atoms with Crippen molar-refractivity contribution in [2.45, 2.75) is 25.1 Å². The zero-order valence-electron chi connectivity index (χ0n) is 14.9. The highest BCUT2D eigenvalue weighted by molar-refractivity contribution is 5.89. The van der Waals surface area contributed by atoms with Crippen molar-refractivity contribution in [3.05, 3.63) is 35.9 Å². The Morgan fingerprint density at radius 3 is 2.62 bits per heavy atom. The number of hydrogen-bond donors (Lipinski definition) is 1. The second kappa shape index (κ2) is 8.14. The number of carbonyl (C=O) groups is 2. The minimum absolute atomic E-state index is 0.0578. The lowest BCUT2D eigenvalue weighted by Crippen LogP contribution is -2.47. The van der Waals surface area contributed by atoms with Gasteiger partial charge in [0.25, 0.3) is 0 Å². The lowest BCUT2D eigenvalue weighted by Gasteiger charge is -2.26. The molecule has 2 aliphatic rings. The average molecular weight is 364 g/mol. The molecule has 2 atom stereocenters. The van der Waals surface area contributed by atoms with Crippen molar-refractivity contribution in [2.75, 3.05) is 39.5 Å². The smallest absolute Gasteiger partial charge is 0.225 e. The number of alkyl halides is 1. The van der Waals surface area contributed by atoms with Crippen LogP contribution in [0, 0.1) is 5.92 Å². The van der Waals surface area contributed by atoms with E-state index in [0.29, 0.717) is 19.8 Å². The van der Waals surface area contributed by atoms with Crippen LogP contribution in [0.25, 0.3) is 0 Å². The summed E-state index contributed by atoms with van der Waals surface area (Å²) < 4.78 is 25.0. The zero-order valence-corrected chi connectivity index (χ0v) is 14.9. The summed E-state index contributed by atoms with van der Waals surface area (Å²) in [6, 6.07) is 9.60. The summed E-state index contributed by atoms with van der Waals surface area (Å²) in [4.78, 5) is 26.5. The topological polar surface area (TPSA) is 67.9 Å². The molecule has 2 unspecified atom stereocenters. The number of amides is 2. The van der Waals surface area contributed by atoms with Gasteiger partial charge in [0.15, 0.2) is 5.67 Å². The fourth-order valence-electron chi connectivity index (χ4n) is 3.35. The highest BCUT2D eigenvalue weighted by atomic mass is 19.1. The normalized spacial score (nSPS) is 24.2. The van der Waals surface area contributed by atoms with E-state index in [1.807, 2.05) is 37.3 Å². The third-order valence-corrected chi connectivity index (χ3v) is 4.95. The fourth-order valence-corrected chi connectivity index (χ4v) is 3.35. The summed E-state index contributed by atoms with van der Waals surface area (Å²) in [7, 11) is 0. The molecule has 6 nitrogen and oxygen atoms in total. The van der Waals surface area contributed by atoms with E-state index in [0.717, 1.165) is 5.56 Å². The number of carbonyl (C=O) groups excluding carboxylic acids is 2. The summed E-state index contributed by atoms with van der Waals surface area (Å²) in [5.41, 5.74) is -0.705. The van der Waals surface area contributed by atoms with Gasteiger partial charge in [0.05, 0.1) is 44.9 Å². The van der Waals surface area contributed by atoms with Crippen LogP contribution in [0.3, 0.4) is 0 Å². The van der Waals surface area contributed by atoms with Gasteiger partial charge < -0.3 is 19.7 Å². The molecule has 0 aliphatic carbocycles. The van der Waals surface area contributed by atoms with Crippen LogP contribution >= 0.6 is 0 Å². The van der Waals surface area contributed by atoms with Crippen LogP contribution in [0.5, 0.6) is 0 Å². The van der Waals surface area contributed by atoms with Crippen molar-refractivity contribution in [1.29, 1.82) is 0 Å². The molecule has 26 heavy (non-hydrogen) atoms. The molecule has 0 bridgehead atoms. The maximum absolute atomic E-state index is 14.6. The molecule has 3 rings (SSSR count). The van der Waals surface area contributed by atoms with Crippen LogP contribution in [0.15, 0.2) is 30.3 Å². The van der Waals surface area contributed by atoms with Gasteiger partial charge in [-0.2, -0.15) is 0 Å². The van der Waals surface area contributed by atoms with Gasteiger partial charge in [-0.05, 0) is 12.5 Å². The molecule has 2 aliphatic heterocycles. The monoisotopic (exact) mass is 364 g/mol. The quantitative estimate of drug-likeness (QED) is 0.859. The van der Waals surface area contributed by atoms with Crippen molar-refractivity contribution in [3.63, 3.8) is 0 Å². The molecule has 0 saturated carbocycles. The van der Waals surface area contributed by atoms with Crippen molar-refractivity contribution in [3.8, 4) is 0 Å².